The molecule has 1 rings (SSSR count). The standard InChI is InChI=1S/C12H19ClO2Si.C2H4O2/c1-15-12-9-10(6-7-11(12)14)5-4-8-16(2,3)13;1-2(3)4/h6-7,9,14H,4-5,8H2,1-3H3;1H3,(H,3,4). The van der Waals surface area contributed by atoms with Gasteiger partial charge in [0.15, 0.2) is 18.9 Å². The van der Waals surface area contributed by atoms with E-state index in [0.29, 0.717) is 5.75 Å². The van der Waals surface area contributed by atoms with Crippen molar-refractivity contribution in [3.63, 3.8) is 0 Å². The minimum absolute atomic E-state index is 0.193. The van der Waals surface area contributed by atoms with Gasteiger partial charge < -0.3 is 14.9 Å². The fourth-order valence-electron chi connectivity index (χ4n) is 1.59. The van der Waals surface area contributed by atoms with E-state index in [4.69, 9.17) is 25.7 Å². The van der Waals surface area contributed by atoms with E-state index < -0.39 is 13.4 Å². The lowest BCUT2D eigenvalue weighted by Crippen LogP contribution is -2.15. The quantitative estimate of drug-likeness (QED) is 0.639. The molecule has 0 radical (unpaired) electrons. The molecule has 0 atom stereocenters. The number of aromatic hydroxyl groups is 1. The van der Waals surface area contributed by atoms with Gasteiger partial charge in [0.05, 0.1) is 7.11 Å². The summed E-state index contributed by atoms with van der Waals surface area (Å²) in [6.07, 6.45) is 2.08. The van der Waals surface area contributed by atoms with Crippen LogP contribution in [-0.4, -0.2) is 30.7 Å². The third-order valence-electron chi connectivity index (χ3n) is 2.48. The zero-order valence-electron chi connectivity index (χ0n) is 12.4. The van der Waals surface area contributed by atoms with Gasteiger partial charge in [-0.3, -0.25) is 4.79 Å². The van der Waals surface area contributed by atoms with Crippen LogP contribution in [0.4, 0.5) is 0 Å². The van der Waals surface area contributed by atoms with Crippen LogP contribution in [0.3, 0.4) is 0 Å². The second-order valence-electron chi connectivity index (χ2n) is 5.10. The highest BCUT2D eigenvalue weighted by molar-refractivity contribution is 7.19. The van der Waals surface area contributed by atoms with Crippen LogP contribution in [-0.2, 0) is 11.2 Å². The normalized spacial score (nSPS) is 10.4. The van der Waals surface area contributed by atoms with Crippen molar-refractivity contribution in [1.82, 2.24) is 0 Å². The number of phenolic OH excluding ortho intramolecular Hbond substituents is 1. The van der Waals surface area contributed by atoms with Crippen molar-refractivity contribution in [2.75, 3.05) is 7.11 Å². The average Bonchev–Trinajstić information content (AvgIpc) is 2.29. The number of carboxylic acids is 1. The zero-order chi connectivity index (χ0) is 15.8. The molecule has 0 spiro atoms. The first-order valence-electron chi connectivity index (χ1n) is 6.40. The lowest BCUT2D eigenvalue weighted by atomic mass is 10.1. The summed E-state index contributed by atoms with van der Waals surface area (Å²) in [6.45, 7) is 5.40. The van der Waals surface area contributed by atoms with Crippen LogP contribution >= 0.6 is 11.1 Å². The lowest BCUT2D eigenvalue weighted by molar-refractivity contribution is -0.134. The summed E-state index contributed by atoms with van der Waals surface area (Å²) < 4.78 is 5.07. The number of hydrogen-bond donors (Lipinski definition) is 2. The number of aliphatic carboxylic acids is 1. The zero-order valence-corrected chi connectivity index (χ0v) is 14.2. The van der Waals surface area contributed by atoms with E-state index in [-0.39, 0.29) is 5.75 Å². The van der Waals surface area contributed by atoms with Crippen LogP contribution in [0.25, 0.3) is 0 Å². The Bertz CT molecular complexity index is 426. The van der Waals surface area contributed by atoms with Gasteiger partial charge in [0.25, 0.3) is 5.97 Å². The molecule has 0 saturated carbocycles. The van der Waals surface area contributed by atoms with Crippen LogP contribution in [0.2, 0.25) is 19.1 Å². The molecule has 114 valence electrons. The molecule has 20 heavy (non-hydrogen) atoms. The van der Waals surface area contributed by atoms with Gasteiger partial charge in [-0.2, -0.15) is 11.1 Å². The van der Waals surface area contributed by atoms with Gasteiger partial charge in [-0.15, -0.1) is 0 Å². The number of methoxy groups -OCH3 is 1. The molecule has 0 aliphatic rings. The van der Waals surface area contributed by atoms with Gasteiger partial charge in [-0.25, -0.2) is 0 Å². The third-order valence-corrected chi connectivity index (χ3v) is 4.59. The summed E-state index contributed by atoms with van der Waals surface area (Å²) in [4.78, 5) is 9.00. The van der Waals surface area contributed by atoms with Crippen LogP contribution in [0.5, 0.6) is 11.5 Å². The molecule has 6 heteroatoms. The summed E-state index contributed by atoms with van der Waals surface area (Å²) in [5, 5.41) is 16.9. The van der Waals surface area contributed by atoms with E-state index in [1.54, 1.807) is 13.2 Å². The Morgan fingerprint density at radius 1 is 1.40 bits per heavy atom. The highest BCUT2D eigenvalue weighted by atomic mass is 35.6. The molecule has 1 aromatic carbocycles. The highest BCUT2D eigenvalue weighted by Crippen LogP contribution is 2.27. The van der Waals surface area contributed by atoms with Gasteiger partial charge in [-0.05, 0) is 30.2 Å². The van der Waals surface area contributed by atoms with E-state index in [1.807, 2.05) is 12.1 Å². The number of carbonyl (C=O) groups is 1. The Morgan fingerprint density at radius 3 is 2.40 bits per heavy atom. The fourth-order valence-corrected chi connectivity index (χ4v) is 3.01. The number of halogens is 1. The lowest BCUT2D eigenvalue weighted by Gasteiger charge is -2.12. The highest BCUT2D eigenvalue weighted by Gasteiger charge is 2.15. The second kappa shape index (κ2) is 8.87. The SMILES string of the molecule is CC(=O)O.COc1cc(CCC[Si](C)(C)Cl)ccc1O. The topological polar surface area (TPSA) is 66.8 Å². The van der Waals surface area contributed by atoms with Crippen LogP contribution in [0, 0.1) is 0 Å². The number of ether oxygens (including phenoxy) is 1. The van der Waals surface area contributed by atoms with E-state index in [9.17, 15) is 5.11 Å². The first kappa shape index (κ1) is 18.8. The largest absolute Gasteiger partial charge is 0.504 e. The monoisotopic (exact) mass is 318 g/mol. The minimum atomic E-state index is -1.45. The predicted molar refractivity (Wildman–Crippen MR) is 84.4 cm³/mol. The number of benzene rings is 1. The summed E-state index contributed by atoms with van der Waals surface area (Å²) in [5.41, 5.74) is 1.18. The average molecular weight is 319 g/mol. The van der Waals surface area contributed by atoms with E-state index in [1.165, 1.54) is 5.56 Å². The van der Waals surface area contributed by atoms with Crippen molar-refractivity contribution >= 4 is 24.4 Å². The molecule has 0 aliphatic heterocycles. The Labute approximate surface area is 126 Å². The predicted octanol–water partition coefficient (Wildman–Crippen LogP) is 3.87. The Morgan fingerprint density at radius 2 is 1.95 bits per heavy atom. The Hall–Kier alpha value is -1.20. The van der Waals surface area contributed by atoms with E-state index in [2.05, 4.69) is 13.1 Å². The Kier molecular flexibility index (Phi) is 8.33. The maximum absolute atomic E-state index is 9.45. The molecule has 1 aromatic rings. The molecule has 0 amide bonds. The number of aryl methyl sites for hydroxylation is 1. The summed E-state index contributed by atoms with van der Waals surface area (Å²) in [7, 11) is 0.111. The molecule has 0 fully saturated rings. The number of hydrogen-bond acceptors (Lipinski definition) is 3. The fraction of sp³-hybridized carbons (Fsp3) is 0.500. The number of phenols is 1. The molecule has 2 N–H and O–H groups in total. The maximum Gasteiger partial charge on any atom is 0.300 e. The van der Waals surface area contributed by atoms with Crippen molar-refractivity contribution in [2.45, 2.75) is 38.9 Å². The molecule has 0 heterocycles. The van der Waals surface area contributed by atoms with Crippen LogP contribution < -0.4 is 4.74 Å². The second-order valence-corrected chi connectivity index (χ2v) is 12.1. The number of carboxylic acid groups (broad SMARTS) is 1. The van der Waals surface area contributed by atoms with Gasteiger partial charge in [-0.1, -0.05) is 25.6 Å². The summed E-state index contributed by atoms with van der Waals surface area (Å²) in [6, 6.07) is 6.61. The molecule has 0 bridgehead atoms. The molecule has 0 aliphatic carbocycles. The van der Waals surface area contributed by atoms with Gasteiger partial charge in [0, 0.05) is 6.92 Å². The maximum atomic E-state index is 9.45. The van der Waals surface area contributed by atoms with Crippen LogP contribution in [0.1, 0.15) is 18.9 Å². The molecular weight excluding hydrogens is 296 g/mol. The molecular formula is C14H23ClO4Si. The third kappa shape index (κ3) is 9.69. The summed E-state index contributed by atoms with van der Waals surface area (Å²) >= 11 is 6.26. The minimum Gasteiger partial charge on any atom is -0.504 e. The smallest absolute Gasteiger partial charge is 0.300 e. The molecule has 4 nitrogen and oxygen atoms in total. The van der Waals surface area contributed by atoms with Crippen molar-refractivity contribution in [2.24, 2.45) is 0 Å². The van der Waals surface area contributed by atoms with E-state index >= 15 is 0 Å². The van der Waals surface area contributed by atoms with Crippen molar-refractivity contribution in [1.29, 1.82) is 0 Å². The molecule has 0 saturated heterocycles. The molecule has 0 aromatic heterocycles. The first-order valence-corrected chi connectivity index (χ1v) is 10.6. The van der Waals surface area contributed by atoms with Crippen molar-refractivity contribution < 1.29 is 19.7 Å². The summed E-state index contributed by atoms with van der Waals surface area (Å²) in [5.74, 6) is -0.0989. The van der Waals surface area contributed by atoms with Gasteiger partial charge in [0.2, 0.25) is 0 Å². The van der Waals surface area contributed by atoms with Crippen LogP contribution in [0.15, 0.2) is 18.2 Å². The van der Waals surface area contributed by atoms with Crippen molar-refractivity contribution in [3.05, 3.63) is 23.8 Å². The molecule has 0 unspecified atom stereocenters. The first-order chi connectivity index (χ1) is 9.15. The van der Waals surface area contributed by atoms with Crippen molar-refractivity contribution in [3.8, 4) is 11.5 Å². The Balaban J connectivity index is 0.000000796. The van der Waals surface area contributed by atoms with Gasteiger partial charge >= 0.3 is 0 Å². The van der Waals surface area contributed by atoms with E-state index in [0.717, 1.165) is 25.8 Å². The number of rotatable bonds is 5. The van der Waals surface area contributed by atoms with Gasteiger partial charge in [0.1, 0.15) is 0 Å².